The van der Waals surface area contributed by atoms with E-state index in [2.05, 4.69) is 27.0 Å². The van der Waals surface area contributed by atoms with E-state index in [1.165, 1.54) is 24.1 Å². The van der Waals surface area contributed by atoms with Gasteiger partial charge in [-0.05, 0) is 33.0 Å². The summed E-state index contributed by atoms with van der Waals surface area (Å²) in [6, 6.07) is 0.551. The van der Waals surface area contributed by atoms with Gasteiger partial charge in [0.05, 0.1) is 6.04 Å². The van der Waals surface area contributed by atoms with Crippen LogP contribution in [0.4, 0.5) is 5.82 Å². The summed E-state index contributed by atoms with van der Waals surface area (Å²) in [5, 5.41) is 7.94. The summed E-state index contributed by atoms with van der Waals surface area (Å²) in [5.41, 5.74) is 8.62. The fourth-order valence-electron chi connectivity index (χ4n) is 2.94. The zero-order chi connectivity index (χ0) is 11.8. The molecule has 3 heterocycles. The third-order valence-electron chi connectivity index (χ3n) is 4.02. The Morgan fingerprint density at radius 2 is 2.12 bits per heavy atom. The third kappa shape index (κ3) is 1.93. The summed E-state index contributed by atoms with van der Waals surface area (Å²) in [7, 11) is 2.19. The van der Waals surface area contributed by atoms with Crippen molar-refractivity contribution < 1.29 is 0 Å². The predicted octanol–water partition coefficient (Wildman–Crippen LogP) is 0.378. The van der Waals surface area contributed by atoms with Crippen LogP contribution in [0.3, 0.4) is 0 Å². The molecule has 0 radical (unpaired) electrons. The summed E-state index contributed by atoms with van der Waals surface area (Å²) in [5.74, 6) is 0.728. The molecule has 3 N–H and O–H groups in total. The average molecular weight is 235 g/mol. The van der Waals surface area contributed by atoms with Gasteiger partial charge >= 0.3 is 0 Å². The van der Waals surface area contributed by atoms with Gasteiger partial charge in [0, 0.05) is 30.8 Å². The molecule has 5 heteroatoms. The molecule has 3 rings (SSSR count). The van der Waals surface area contributed by atoms with Gasteiger partial charge in [0.1, 0.15) is 5.82 Å². The Bertz CT molecular complexity index is 403. The molecule has 0 bridgehead atoms. The van der Waals surface area contributed by atoms with Crippen LogP contribution in [-0.4, -0.2) is 41.4 Å². The molecule has 0 unspecified atom stereocenters. The lowest BCUT2D eigenvalue weighted by atomic mass is 10.0. The molecule has 94 valence electrons. The first-order valence-corrected chi connectivity index (χ1v) is 6.50. The molecule has 0 spiro atoms. The topological polar surface area (TPSA) is 59.1 Å². The number of piperidine rings is 1. The number of nitrogens with one attached hydrogen (secondary N) is 1. The van der Waals surface area contributed by atoms with Gasteiger partial charge in [-0.3, -0.25) is 4.68 Å². The standard InChI is InChI=1S/C12H21N5/c1-16-6-3-9(4-7-16)17-11-2-5-14-8-10(11)12(13)15-17/h9,14H,2-8H2,1H3,(H2,13,15). The Hall–Kier alpha value is -1.07. The lowest BCUT2D eigenvalue weighted by Crippen LogP contribution is -2.33. The Morgan fingerprint density at radius 3 is 2.88 bits per heavy atom. The van der Waals surface area contributed by atoms with E-state index in [0.717, 1.165) is 38.4 Å². The van der Waals surface area contributed by atoms with Gasteiger partial charge < -0.3 is 16.0 Å². The Kier molecular flexibility index (Phi) is 2.80. The molecule has 2 aliphatic heterocycles. The molecule has 0 aromatic carbocycles. The van der Waals surface area contributed by atoms with Gasteiger partial charge in [-0.25, -0.2) is 0 Å². The van der Waals surface area contributed by atoms with Crippen LogP contribution in [0.5, 0.6) is 0 Å². The van der Waals surface area contributed by atoms with Gasteiger partial charge in [0.15, 0.2) is 0 Å². The lowest BCUT2D eigenvalue weighted by Gasteiger charge is -2.30. The van der Waals surface area contributed by atoms with Gasteiger partial charge in [-0.15, -0.1) is 0 Å². The average Bonchev–Trinajstić information content (AvgIpc) is 2.69. The second-order valence-electron chi connectivity index (χ2n) is 5.22. The summed E-state index contributed by atoms with van der Waals surface area (Å²) in [6.45, 7) is 4.26. The Labute approximate surface area is 102 Å². The molecule has 17 heavy (non-hydrogen) atoms. The normalized spacial score (nSPS) is 22.6. The van der Waals surface area contributed by atoms with Crippen molar-refractivity contribution in [1.29, 1.82) is 0 Å². The minimum Gasteiger partial charge on any atom is -0.382 e. The van der Waals surface area contributed by atoms with E-state index in [0.29, 0.717) is 6.04 Å². The van der Waals surface area contributed by atoms with Crippen molar-refractivity contribution in [2.75, 3.05) is 32.4 Å². The highest BCUT2D eigenvalue weighted by molar-refractivity contribution is 5.44. The van der Waals surface area contributed by atoms with Crippen LogP contribution < -0.4 is 11.1 Å². The van der Waals surface area contributed by atoms with Crippen LogP contribution in [-0.2, 0) is 13.0 Å². The number of hydrogen-bond acceptors (Lipinski definition) is 4. The van der Waals surface area contributed by atoms with E-state index in [9.17, 15) is 0 Å². The number of nitrogens with zero attached hydrogens (tertiary/aromatic N) is 3. The second-order valence-corrected chi connectivity index (χ2v) is 5.22. The van der Waals surface area contributed by atoms with E-state index >= 15 is 0 Å². The number of anilines is 1. The van der Waals surface area contributed by atoms with E-state index in [-0.39, 0.29) is 0 Å². The van der Waals surface area contributed by atoms with Crippen LogP contribution in [0.2, 0.25) is 0 Å². The van der Waals surface area contributed by atoms with Crippen LogP contribution in [0.25, 0.3) is 0 Å². The van der Waals surface area contributed by atoms with Crippen molar-refractivity contribution >= 4 is 5.82 Å². The minimum absolute atomic E-state index is 0.551. The number of rotatable bonds is 1. The summed E-state index contributed by atoms with van der Waals surface area (Å²) >= 11 is 0. The molecule has 0 aliphatic carbocycles. The van der Waals surface area contributed by atoms with Gasteiger partial charge in [0.25, 0.3) is 0 Å². The number of aromatic nitrogens is 2. The molecular weight excluding hydrogens is 214 g/mol. The molecule has 0 saturated carbocycles. The van der Waals surface area contributed by atoms with Gasteiger partial charge in [-0.1, -0.05) is 0 Å². The molecule has 0 atom stereocenters. The molecule has 1 aromatic rings. The van der Waals surface area contributed by atoms with Crippen LogP contribution in [0, 0.1) is 0 Å². The smallest absolute Gasteiger partial charge is 0.150 e. The first-order chi connectivity index (χ1) is 8.25. The van der Waals surface area contributed by atoms with Crippen molar-refractivity contribution in [2.24, 2.45) is 0 Å². The van der Waals surface area contributed by atoms with Gasteiger partial charge in [0.2, 0.25) is 0 Å². The summed E-state index contributed by atoms with van der Waals surface area (Å²) in [6.07, 6.45) is 3.45. The predicted molar refractivity (Wildman–Crippen MR) is 67.8 cm³/mol. The maximum Gasteiger partial charge on any atom is 0.150 e. The quantitative estimate of drug-likeness (QED) is 0.739. The van der Waals surface area contributed by atoms with Crippen molar-refractivity contribution in [2.45, 2.75) is 31.8 Å². The van der Waals surface area contributed by atoms with Crippen molar-refractivity contribution in [1.82, 2.24) is 20.0 Å². The van der Waals surface area contributed by atoms with Gasteiger partial charge in [-0.2, -0.15) is 5.10 Å². The number of nitrogen functional groups attached to an aromatic ring is 1. The summed E-state index contributed by atoms with van der Waals surface area (Å²) in [4.78, 5) is 2.39. The first-order valence-electron chi connectivity index (χ1n) is 6.50. The van der Waals surface area contributed by atoms with Crippen molar-refractivity contribution in [3.63, 3.8) is 0 Å². The third-order valence-corrected chi connectivity index (χ3v) is 4.02. The molecular formula is C12H21N5. The van der Waals surface area contributed by atoms with E-state index < -0.39 is 0 Å². The van der Waals surface area contributed by atoms with Crippen LogP contribution in [0.15, 0.2) is 0 Å². The highest BCUT2D eigenvalue weighted by Gasteiger charge is 2.25. The highest BCUT2D eigenvalue weighted by Crippen LogP contribution is 2.28. The first kappa shape index (κ1) is 11.0. The maximum absolute atomic E-state index is 6.01. The zero-order valence-corrected chi connectivity index (χ0v) is 10.4. The number of likely N-dealkylation sites (tertiary alicyclic amines) is 1. The molecule has 1 fully saturated rings. The van der Waals surface area contributed by atoms with Crippen LogP contribution >= 0.6 is 0 Å². The highest BCUT2D eigenvalue weighted by atomic mass is 15.3. The van der Waals surface area contributed by atoms with Crippen molar-refractivity contribution in [3.8, 4) is 0 Å². The Balaban J connectivity index is 1.87. The molecule has 1 aromatic heterocycles. The molecule has 5 nitrogen and oxygen atoms in total. The van der Waals surface area contributed by atoms with E-state index in [1.807, 2.05) is 0 Å². The lowest BCUT2D eigenvalue weighted by molar-refractivity contribution is 0.209. The summed E-state index contributed by atoms with van der Waals surface area (Å²) < 4.78 is 2.22. The largest absolute Gasteiger partial charge is 0.382 e. The maximum atomic E-state index is 6.01. The number of nitrogens with two attached hydrogens (primary N) is 1. The molecule has 0 amide bonds. The van der Waals surface area contributed by atoms with E-state index in [1.54, 1.807) is 0 Å². The molecule has 1 saturated heterocycles. The fraction of sp³-hybridized carbons (Fsp3) is 0.750. The molecule has 2 aliphatic rings. The number of hydrogen-bond donors (Lipinski definition) is 2. The number of fused-ring (bicyclic) bond motifs is 1. The minimum atomic E-state index is 0.551. The van der Waals surface area contributed by atoms with Crippen molar-refractivity contribution in [3.05, 3.63) is 11.3 Å². The fourth-order valence-corrected chi connectivity index (χ4v) is 2.94. The Morgan fingerprint density at radius 1 is 1.35 bits per heavy atom. The van der Waals surface area contributed by atoms with E-state index in [4.69, 9.17) is 5.73 Å². The monoisotopic (exact) mass is 235 g/mol. The zero-order valence-electron chi connectivity index (χ0n) is 10.4. The van der Waals surface area contributed by atoms with Crippen LogP contribution in [0.1, 0.15) is 30.1 Å². The second kappa shape index (κ2) is 4.31. The SMILES string of the molecule is CN1CCC(n2nc(N)c3c2CCNC3)CC1.